The van der Waals surface area contributed by atoms with E-state index in [1.165, 1.54) is 42.4 Å². The van der Waals surface area contributed by atoms with Gasteiger partial charge in [0.25, 0.3) is 0 Å². The van der Waals surface area contributed by atoms with E-state index in [1.54, 1.807) is 11.3 Å². The number of hydrogen-bond acceptors (Lipinski definition) is 4. The molecule has 1 saturated heterocycles. The van der Waals surface area contributed by atoms with Crippen LogP contribution in [0.25, 0.3) is 0 Å². The van der Waals surface area contributed by atoms with E-state index in [9.17, 15) is 0 Å². The van der Waals surface area contributed by atoms with Crippen LogP contribution >= 0.6 is 11.3 Å². The summed E-state index contributed by atoms with van der Waals surface area (Å²) in [6.45, 7) is 4.39. The molecule has 1 aromatic heterocycles. The van der Waals surface area contributed by atoms with Gasteiger partial charge in [-0.3, -0.25) is 0 Å². The minimum atomic E-state index is 0.236. The highest BCUT2D eigenvalue weighted by molar-refractivity contribution is 7.15. The van der Waals surface area contributed by atoms with Crippen LogP contribution in [-0.4, -0.2) is 24.1 Å². The van der Waals surface area contributed by atoms with Crippen LogP contribution in [0.5, 0.6) is 0 Å². The first-order valence-corrected chi connectivity index (χ1v) is 6.52. The normalized spacial score (nSPS) is 19.2. The third kappa shape index (κ3) is 2.92. The fourth-order valence-corrected chi connectivity index (χ4v) is 3.04. The predicted molar refractivity (Wildman–Crippen MR) is 65.5 cm³/mol. The van der Waals surface area contributed by atoms with E-state index in [4.69, 9.17) is 5.73 Å². The lowest BCUT2D eigenvalue weighted by Gasteiger charge is -2.25. The first kappa shape index (κ1) is 10.9. The largest absolute Gasteiger partial charge is 0.348 e. The lowest BCUT2D eigenvalue weighted by Crippen LogP contribution is -2.29. The van der Waals surface area contributed by atoms with Gasteiger partial charge in [0.2, 0.25) is 0 Å². The van der Waals surface area contributed by atoms with Gasteiger partial charge >= 0.3 is 0 Å². The minimum Gasteiger partial charge on any atom is -0.348 e. The van der Waals surface area contributed by atoms with E-state index in [2.05, 4.69) is 9.88 Å². The fraction of sp³-hybridized carbons (Fsp3) is 0.727. The highest BCUT2D eigenvalue weighted by Crippen LogP contribution is 2.25. The van der Waals surface area contributed by atoms with Crippen molar-refractivity contribution in [3.05, 3.63) is 11.1 Å². The Labute approximate surface area is 95.3 Å². The smallest absolute Gasteiger partial charge is 0.185 e. The van der Waals surface area contributed by atoms with Crippen LogP contribution in [0.15, 0.2) is 6.20 Å². The highest BCUT2D eigenvalue weighted by Gasteiger charge is 2.14. The van der Waals surface area contributed by atoms with Gasteiger partial charge in [0.1, 0.15) is 0 Å². The van der Waals surface area contributed by atoms with Crippen LogP contribution in [0.1, 0.15) is 31.1 Å². The summed E-state index contributed by atoms with van der Waals surface area (Å²) in [6, 6.07) is 0.236. The summed E-state index contributed by atoms with van der Waals surface area (Å²) in [6.07, 6.45) is 6.92. The maximum Gasteiger partial charge on any atom is 0.185 e. The molecule has 0 aliphatic carbocycles. The van der Waals surface area contributed by atoms with Gasteiger partial charge < -0.3 is 10.6 Å². The molecule has 1 aromatic rings. The molecule has 1 atom stereocenters. The Morgan fingerprint density at radius 2 is 2.20 bits per heavy atom. The first-order valence-electron chi connectivity index (χ1n) is 5.71. The molecule has 84 valence electrons. The summed E-state index contributed by atoms with van der Waals surface area (Å²) in [4.78, 5) is 8.19. The molecular formula is C11H19N3S. The maximum atomic E-state index is 5.78. The molecule has 0 radical (unpaired) electrons. The third-order valence-electron chi connectivity index (χ3n) is 2.69. The SMILES string of the molecule is CC(N)Cc1cnc(N2CCCCC2)s1. The van der Waals surface area contributed by atoms with E-state index in [0.717, 1.165) is 6.42 Å². The lowest BCUT2D eigenvalue weighted by molar-refractivity contribution is 0.577. The molecule has 0 amide bonds. The van der Waals surface area contributed by atoms with Crippen LogP contribution in [0, 0.1) is 0 Å². The Bertz CT molecular complexity index is 303. The summed E-state index contributed by atoms with van der Waals surface area (Å²) in [7, 11) is 0. The van der Waals surface area contributed by atoms with Crippen molar-refractivity contribution in [1.82, 2.24) is 4.98 Å². The molecule has 2 heterocycles. The molecule has 2 N–H and O–H groups in total. The van der Waals surface area contributed by atoms with Gasteiger partial charge in [0.15, 0.2) is 5.13 Å². The zero-order chi connectivity index (χ0) is 10.7. The molecule has 2 rings (SSSR count). The summed E-state index contributed by atoms with van der Waals surface area (Å²) in [5, 5.41) is 1.19. The molecule has 1 unspecified atom stereocenters. The molecule has 1 aliphatic heterocycles. The average molecular weight is 225 g/mol. The maximum absolute atomic E-state index is 5.78. The summed E-state index contributed by atoms with van der Waals surface area (Å²) >= 11 is 1.80. The van der Waals surface area contributed by atoms with E-state index in [1.807, 2.05) is 13.1 Å². The number of aromatic nitrogens is 1. The molecule has 15 heavy (non-hydrogen) atoms. The quantitative estimate of drug-likeness (QED) is 0.856. The lowest BCUT2D eigenvalue weighted by atomic mass is 10.1. The first-order chi connectivity index (χ1) is 7.25. The Morgan fingerprint density at radius 1 is 1.47 bits per heavy atom. The van der Waals surface area contributed by atoms with Crippen molar-refractivity contribution in [2.24, 2.45) is 5.73 Å². The Hall–Kier alpha value is -0.610. The number of thiazole rings is 1. The topological polar surface area (TPSA) is 42.1 Å². The molecule has 3 nitrogen and oxygen atoms in total. The summed E-state index contributed by atoms with van der Waals surface area (Å²) in [5.74, 6) is 0. The average Bonchev–Trinajstić information content (AvgIpc) is 2.67. The number of rotatable bonds is 3. The molecule has 0 aromatic carbocycles. The van der Waals surface area contributed by atoms with Crippen LogP contribution in [0.4, 0.5) is 5.13 Å². The Kier molecular flexibility index (Phi) is 3.59. The second kappa shape index (κ2) is 4.94. The molecule has 0 saturated carbocycles. The van der Waals surface area contributed by atoms with Gasteiger partial charge in [-0.25, -0.2) is 4.98 Å². The number of anilines is 1. The predicted octanol–water partition coefficient (Wildman–Crippen LogP) is 2.02. The third-order valence-corrected chi connectivity index (χ3v) is 3.77. The zero-order valence-electron chi connectivity index (χ0n) is 9.28. The number of nitrogens with zero attached hydrogens (tertiary/aromatic N) is 2. The van der Waals surface area contributed by atoms with Crippen LogP contribution in [0.3, 0.4) is 0 Å². The molecule has 1 fully saturated rings. The highest BCUT2D eigenvalue weighted by atomic mass is 32.1. The van der Waals surface area contributed by atoms with Crippen molar-refractivity contribution in [1.29, 1.82) is 0 Å². The molecule has 1 aliphatic rings. The van der Waals surface area contributed by atoms with Crippen molar-refractivity contribution in [3.63, 3.8) is 0 Å². The number of hydrogen-bond donors (Lipinski definition) is 1. The van der Waals surface area contributed by atoms with Gasteiger partial charge in [-0.15, -0.1) is 11.3 Å². The standard InChI is InChI=1S/C11H19N3S/c1-9(12)7-10-8-13-11(15-10)14-5-3-2-4-6-14/h8-9H,2-7,12H2,1H3. The van der Waals surface area contributed by atoms with Crippen molar-refractivity contribution in [2.45, 2.75) is 38.6 Å². The Balaban J connectivity index is 1.99. The molecule has 4 heteroatoms. The van der Waals surface area contributed by atoms with Crippen LogP contribution < -0.4 is 10.6 Å². The van der Waals surface area contributed by atoms with Crippen LogP contribution in [0.2, 0.25) is 0 Å². The van der Waals surface area contributed by atoms with Crippen molar-refractivity contribution in [3.8, 4) is 0 Å². The van der Waals surface area contributed by atoms with E-state index >= 15 is 0 Å². The van der Waals surface area contributed by atoms with Gasteiger partial charge in [-0.05, 0) is 32.6 Å². The molecule has 0 spiro atoms. The van der Waals surface area contributed by atoms with Gasteiger partial charge in [-0.1, -0.05) is 0 Å². The monoisotopic (exact) mass is 225 g/mol. The van der Waals surface area contributed by atoms with Gasteiger partial charge in [0.05, 0.1) is 0 Å². The number of nitrogens with two attached hydrogens (primary N) is 1. The minimum absolute atomic E-state index is 0.236. The van der Waals surface area contributed by atoms with Crippen LogP contribution in [-0.2, 0) is 6.42 Å². The molecule has 0 bridgehead atoms. The van der Waals surface area contributed by atoms with Gasteiger partial charge in [0, 0.05) is 30.2 Å². The number of piperidine rings is 1. The van der Waals surface area contributed by atoms with E-state index in [0.29, 0.717) is 0 Å². The fourth-order valence-electron chi connectivity index (χ4n) is 1.94. The summed E-state index contributed by atoms with van der Waals surface area (Å²) < 4.78 is 0. The second-order valence-corrected chi connectivity index (χ2v) is 5.43. The summed E-state index contributed by atoms with van der Waals surface area (Å²) in [5.41, 5.74) is 5.78. The van der Waals surface area contributed by atoms with E-state index < -0.39 is 0 Å². The second-order valence-electron chi connectivity index (χ2n) is 4.34. The van der Waals surface area contributed by atoms with Crippen molar-refractivity contribution in [2.75, 3.05) is 18.0 Å². The zero-order valence-corrected chi connectivity index (χ0v) is 10.1. The van der Waals surface area contributed by atoms with Gasteiger partial charge in [-0.2, -0.15) is 0 Å². The Morgan fingerprint density at radius 3 is 2.87 bits per heavy atom. The van der Waals surface area contributed by atoms with Crippen molar-refractivity contribution < 1.29 is 0 Å². The van der Waals surface area contributed by atoms with E-state index in [-0.39, 0.29) is 6.04 Å². The van der Waals surface area contributed by atoms with Crippen molar-refractivity contribution >= 4 is 16.5 Å². The molecular weight excluding hydrogens is 206 g/mol.